The van der Waals surface area contributed by atoms with Crippen molar-refractivity contribution in [2.75, 3.05) is 5.73 Å². The molecule has 2 N–H and O–H groups in total. The van der Waals surface area contributed by atoms with Crippen LogP contribution < -0.4 is 11.3 Å². The number of rotatable bonds is 1. The second kappa shape index (κ2) is 3.86. The minimum absolute atomic E-state index is 0.263. The quantitative estimate of drug-likeness (QED) is 0.852. The van der Waals surface area contributed by atoms with Crippen LogP contribution in [0.15, 0.2) is 45.8 Å². The van der Waals surface area contributed by atoms with Crippen LogP contribution in [0, 0.1) is 0 Å². The van der Waals surface area contributed by atoms with E-state index in [9.17, 15) is 4.79 Å². The van der Waals surface area contributed by atoms with Crippen molar-refractivity contribution in [2.24, 2.45) is 0 Å². The fraction of sp³-hybridized carbons (Fsp3) is 0. The van der Waals surface area contributed by atoms with Gasteiger partial charge in [0.15, 0.2) is 0 Å². The lowest BCUT2D eigenvalue weighted by Gasteiger charge is -2.05. The highest BCUT2D eigenvalue weighted by molar-refractivity contribution is 9.10. The molecule has 0 aliphatic heterocycles. The lowest BCUT2D eigenvalue weighted by Crippen LogP contribution is -2.22. The summed E-state index contributed by atoms with van der Waals surface area (Å²) in [5.74, 6) is 0. The highest BCUT2D eigenvalue weighted by Crippen LogP contribution is 2.12. The molecule has 76 valence electrons. The maximum Gasteiger partial charge on any atom is 0.287 e. The summed E-state index contributed by atoms with van der Waals surface area (Å²) in [4.78, 5) is 11.8. The van der Waals surface area contributed by atoms with Crippen LogP contribution in [-0.2, 0) is 0 Å². The first-order valence-corrected chi connectivity index (χ1v) is 5.08. The third-order valence-electron chi connectivity index (χ3n) is 1.95. The van der Waals surface area contributed by atoms with Crippen LogP contribution in [0.3, 0.4) is 0 Å². The molecule has 2 aromatic rings. The highest BCUT2D eigenvalue weighted by Gasteiger charge is 2.06. The van der Waals surface area contributed by atoms with Crippen molar-refractivity contribution < 1.29 is 0 Å². The summed E-state index contributed by atoms with van der Waals surface area (Å²) in [7, 11) is 0. The lowest BCUT2D eigenvalue weighted by atomic mass is 10.3. The van der Waals surface area contributed by atoms with E-state index in [-0.39, 0.29) is 5.56 Å². The van der Waals surface area contributed by atoms with Gasteiger partial charge in [0.05, 0.1) is 17.6 Å². The van der Waals surface area contributed by atoms with Crippen LogP contribution in [0.2, 0.25) is 0 Å². The Balaban J connectivity index is 2.66. The van der Waals surface area contributed by atoms with Crippen LogP contribution in [0.4, 0.5) is 5.69 Å². The molecule has 0 bridgehead atoms. The number of nitrogen functional groups attached to an aromatic ring is 1. The molecule has 0 unspecified atom stereocenters. The molecule has 2 rings (SSSR count). The molecule has 0 amide bonds. The van der Waals surface area contributed by atoms with Crippen molar-refractivity contribution in [1.82, 2.24) is 9.78 Å². The van der Waals surface area contributed by atoms with Gasteiger partial charge in [-0.3, -0.25) is 4.79 Å². The van der Waals surface area contributed by atoms with Gasteiger partial charge in [0, 0.05) is 0 Å². The minimum Gasteiger partial charge on any atom is -0.396 e. The zero-order valence-corrected chi connectivity index (χ0v) is 9.31. The molecule has 0 saturated heterocycles. The van der Waals surface area contributed by atoms with Crippen LogP contribution >= 0.6 is 15.9 Å². The molecule has 5 heteroatoms. The zero-order chi connectivity index (χ0) is 10.8. The Morgan fingerprint density at radius 2 is 1.93 bits per heavy atom. The smallest absolute Gasteiger partial charge is 0.287 e. The predicted molar refractivity (Wildman–Crippen MR) is 61.9 cm³/mol. The van der Waals surface area contributed by atoms with E-state index in [2.05, 4.69) is 21.0 Å². The molecule has 1 aromatic carbocycles. The zero-order valence-electron chi connectivity index (χ0n) is 7.72. The van der Waals surface area contributed by atoms with Crippen LogP contribution in [0.5, 0.6) is 0 Å². The average Bonchev–Trinajstić information content (AvgIpc) is 2.27. The van der Waals surface area contributed by atoms with E-state index in [0.29, 0.717) is 15.8 Å². The molecule has 0 aliphatic carbocycles. The van der Waals surface area contributed by atoms with Crippen LogP contribution in [0.25, 0.3) is 5.69 Å². The standard InChI is InChI=1S/C10H8BrN3O/c11-9-8(12)6-13-14(10(9)15)7-4-2-1-3-5-7/h1-6H,12H2. The van der Waals surface area contributed by atoms with Crippen molar-refractivity contribution in [2.45, 2.75) is 0 Å². The number of halogens is 1. The molecular weight excluding hydrogens is 258 g/mol. The summed E-state index contributed by atoms with van der Waals surface area (Å²) in [5, 5.41) is 3.96. The molecule has 15 heavy (non-hydrogen) atoms. The van der Waals surface area contributed by atoms with E-state index in [0.717, 1.165) is 0 Å². The molecule has 1 aromatic heterocycles. The van der Waals surface area contributed by atoms with Gasteiger partial charge in [-0.15, -0.1) is 0 Å². The summed E-state index contributed by atoms with van der Waals surface area (Å²) in [5.41, 5.74) is 6.33. The van der Waals surface area contributed by atoms with E-state index >= 15 is 0 Å². The number of para-hydroxylation sites is 1. The summed E-state index contributed by atoms with van der Waals surface area (Å²) in [6.07, 6.45) is 1.44. The Morgan fingerprint density at radius 3 is 2.60 bits per heavy atom. The van der Waals surface area contributed by atoms with Crippen molar-refractivity contribution in [1.29, 1.82) is 0 Å². The molecule has 4 nitrogen and oxygen atoms in total. The predicted octanol–water partition coefficient (Wildman–Crippen LogP) is 1.58. The highest BCUT2D eigenvalue weighted by atomic mass is 79.9. The third kappa shape index (κ3) is 1.78. The Hall–Kier alpha value is -1.62. The maximum atomic E-state index is 11.8. The fourth-order valence-electron chi connectivity index (χ4n) is 1.20. The lowest BCUT2D eigenvalue weighted by molar-refractivity contribution is 0.803. The van der Waals surface area contributed by atoms with Gasteiger partial charge in [0.1, 0.15) is 4.47 Å². The number of aromatic nitrogens is 2. The van der Waals surface area contributed by atoms with Crippen molar-refractivity contribution in [3.05, 3.63) is 51.4 Å². The molecule has 0 saturated carbocycles. The Bertz CT molecular complexity index is 536. The van der Waals surface area contributed by atoms with E-state index in [1.807, 2.05) is 18.2 Å². The molecule has 0 atom stereocenters. The monoisotopic (exact) mass is 265 g/mol. The summed E-state index contributed by atoms with van der Waals surface area (Å²) >= 11 is 3.13. The summed E-state index contributed by atoms with van der Waals surface area (Å²) < 4.78 is 1.63. The number of nitrogens with two attached hydrogens (primary N) is 1. The van der Waals surface area contributed by atoms with Crippen molar-refractivity contribution in [3.8, 4) is 5.69 Å². The van der Waals surface area contributed by atoms with Gasteiger partial charge in [-0.05, 0) is 28.1 Å². The van der Waals surface area contributed by atoms with Crippen LogP contribution in [0.1, 0.15) is 0 Å². The first kappa shape index (κ1) is 9.92. The number of hydrogen-bond acceptors (Lipinski definition) is 3. The SMILES string of the molecule is Nc1cnn(-c2ccccc2)c(=O)c1Br. The molecule has 0 fully saturated rings. The summed E-state index contributed by atoms with van der Waals surface area (Å²) in [6.45, 7) is 0. The van der Waals surface area contributed by atoms with Gasteiger partial charge < -0.3 is 5.73 Å². The molecule has 0 aliphatic rings. The normalized spacial score (nSPS) is 10.2. The average molecular weight is 266 g/mol. The largest absolute Gasteiger partial charge is 0.396 e. The first-order valence-electron chi connectivity index (χ1n) is 4.29. The number of benzene rings is 1. The topological polar surface area (TPSA) is 60.9 Å². The number of hydrogen-bond donors (Lipinski definition) is 1. The van der Waals surface area contributed by atoms with E-state index in [1.54, 1.807) is 12.1 Å². The Kier molecular flexibility index (Phi) is 2.55. The van der Waals surface area contributed by atoms with Crippen LogP contribution in [-0.4, -0.2) is 9.78 Å². The fourth-order valence-corrected chi connectivity index (χ4v) is 1.47. The molecular formula is C10H8BrN3O. The first-order chi connectivity index (χ1) is 7.20. The number of nitrogens with zero attached hydrogens (tertiary/aromatic N) is 2. The second-order valence-corrected chi connectivity index (χ2v) is 3.76. The molecule has 0 radical (unpaired) electrons. The van der Waals surface area contributed by atoms with Gasteiger partial charge in [-0.25, -0.2) is 0 Å². The molecule has 1 heterocycles. The van der Waals surface area contributed by atoms with Gasteiger partial charge in [-0.2, -0.15) is 9.78 Å². The van der Waals surface area contributed by atoms with Crippen molar-refractivity contribution in [3.63, 3.8) is 0 Å². The van der Waals surface area contributed by atoms with Gasteiger partial charge in [0.2, 0.25) is 0 Å². The van der Waals surface area contributed by atoms with E-state index < -0.39 is 0 Å². The van der Waals surface area contributed by atoms with Gasteiger partial charge in [0.25, 0.3) is 5.56 Å². The van der Waals surface area contributed by atoms with Gasteiger partial charge >= 0.3 is 0 Å². The minimum atomic E-state index is -0.263. The second-order valence-electron chi connectivity index (χ2n) is 2.97. The Morgan fingerprint density at radius 1 is 1.27 bits per heavy atom. The van der Waals surface area contributed by atoms with Gasteiger partial charge in [-0.1, -0.05) is 18.2 Å². The summed E-state index contributed by atoms with van der Waals surface area (Å²) in [6, 6.07) is 9.16. The molecule has 0 spiro atoms. The number of anilines is 1. The van der Waals surface area contributed by atoms with Crippen molar-refractivity contribution >= 4 is 21.6 Å². The Labute approximate surface area is 94.5 Å². The third-order valence-corrected chi connectivity index (χ3v) is 2.74. The maximum absolute atomic E-state index is 11.8. The van der Waals surface area contributed by atoms with E-state index in [1.165, 1.54) is 10.9 Å². The van der Waals surface area contributed by atoms with E-state index in [4.69, 9.17) is 5.73 Å².